The number of hydrogen-bond acceptors (Lipinski definition) is 5. The van der Waals surface area contributed by atoms with Gasteiger partial charge in [0.05, 0.1) is 35.5 Å². The zero-order valence-electron chi connectivity index (χ0n) is 10.9. The highest BCUT2D eigenvalue weighted by Gasteiger charge is 2.13. The number of nitrogens with zero attached hydrogens (tertiary/aromatic N) is 3. The highest BCUT2D eigenvalue weighted by atomic mass is 32.1. The number of nitriles is 1. The zero-order chi connectivity index (χ0) is 13.8. The van der Waals surface area contributed by atoms with Crippen LogP contribution in [0.4, 0.5) is 5.69 Å². The van der Waals surface area contributed by atoms with Crippen molar-refractivity contribution in [3.8, 4) is 6.07 Å². The molecule has 0 spiro atoms. The molecule has 2 aromatic rings. The molecule has 1 aromatic heterocycles. The van der Waals surface area contributed by atoms with Crippen LogP contribution in [0.1, 0.15) is 29.8 Å². The number of rotatable bonds is 4. The van der Waals surface area contributed by atoms with E-state index in [9.17, 15) is 5.11 Å². The summed E-state index contributed by atoms with van der Waals surface area (Å²) in [6, 6.07) is 7.45. The number of aromatic nitrogens is 1. The Kier molecular flexibility index (Phi) is 4.15. The van der Waals surface area contributed by atoms with E-state index in [2.05, 4.69) is 11.1 Å². The van der Waals surface area contributed by atoms with Gasteiger partial charge in [0.25, 0.3) is 0 Å². The van der Waals surface area contributed by atoms with E-state index in [0.29, 0.717) is 12.1 Å². The Morgan fingerprint density at radius 2 is 2.32 bits per heavy atom. The van der Waals surface area contributed by atoms with E-state index in [0.717, 1.165) is 16.9 Å². The molecule has 0 radical (unpaired) electrons. The molecule has 2 rings (SSSR count). The van der Waals surface area contributed by atoms with Crippen molar-refractivity contribution in [1.82, 2.24) is 4.98 Å². The molecule has 0 saturated carbocycles. The van der Waals surface area contributed by atoms with E-state index in [1.54, 1.807) is 42.0 Å². The SMILES string of the molecule is C[C@H](O)c1ccc(C#N)cc1N(C)Cc1cscn1. The van der Waals surface area contributed by atoms with Crippen LogP contribution >= 0.6 is 11.3 Å². The number of aliphatic hydroxyl groups excluding tert-OH is 1. The molecule has 5 heteroatoms. The lowest BCUT2D eigenvalue weighted by Gasteiger charge is -2.23. The van der Waals surface area contributed by atoms with Crippen molar-refractivity contribution in [3.63, 3.8) is 0 Å². The molecule has 98 valence electrons. The average Bonchev–Trinajstić information content (AvgIpc) is 2.90. The third kappa shape index (κ3) is 3.11. The van der Waals surface area contributed by atoms with Gasteiger partial charge in [-0.25, -0.2) is 4.98 Å². The van der Waals surface area contributed by atoms with Gasteiger partial charge >= 0.3 is 0 Å². The van der Waals surface area contributed by atoms with Gasteiger partial charge in [-0.2, -0.15) is 5.26 Å². The van der Waals surface area contributed by atoms with Crippen molar-refractivity contribution >= 4 is 17.0 Å². The van der Waals surface area contributed by atoms with Crippen molar-refractivity contribution in [2.24, 2.45) is 0 Å². The normalized spacial score (nSPS) is 11.9. The Hall–Kier alpha value is -1.90. The third-order valence-electron chi connectivity index (χ3n) is 2.90. The minimum absolute atomic E-state index is 0.569. The van der Waals surface area contributed by atoms with Crippen LogP contribution in [0.5, 0.6) is 0 Å². The van der Waals surface area contributed by atoms with Gasteiger partial charge in [0, 0.05) is 23.7 Å². The topological polar surface area (TPSA) is 60.1 Å². The van der Waals surface area contributed by atoms with Crippen LogP contribution in [-0.4, -0.2) is 17.1 Å². The van der Waals surface area contributed by atoms with E-state index >= 15 is 0 Å². The molecule has 1 aromatic carbocycles. The van der Waals surface area contributed by atoms with Crippen LogP contribution in [0.15, 0.2) is 29.1 Å². The molecule has 0 unspecified atom stereocenters. The number of benzene rings is 1. The molecule has 1 N–H and O–H groups in total. The van der Waals surface area contributed by atoms with Gasteiger partial charge in [0.1, 0.15) is 0 Å². The second kappa shape index (κ2) is 5.83. The number of anilines is 1. The minimum atomic E-state index is -0.569. The van der Waals surface area contributed by atoms with Crippen LogP contribution in [0.2, 0.25) is 0 Å². The summed E-state index contributed by atoms with van der Waals surface area (Å²) in [6.07, 6.45) is -0.569. The Morgan fingerprint density at radius 1 is 1.53 bits per heavy atom. The van der Waals surface area contributed by atoms with Crippen LogP contribution in [-0.2, 0) is 6.54 Å². The fraction of sp³-hybridized carbons (Fsp3) is 0.286. The molecule has 19 heavy (non-hydrogen) atoms. The lowest BCUT2D eigenvalue weighted by molar-refractivity contribution is 0.199. The van der Waals surface area contributed by atoms with Crippen molar-refractivity contribution in [2.45, 2.75) is 19.6 Å². The quantitative estimate of drug-likeness (QED) is 0.930. The second-order valence-electron chi connectivity index (χ2n) is 4.40. The number of hydrogen-bond donors (Lipinski definition) is 1. The summed E-state index contributed by atoms with van der Waals surface area (Å²) in [5, 5.41) is 20.8. The van der Waals surface area contributed by atoms with Crippen molar-refractivity contribution in [2.75, 3.05) is 11.9 Å². The molecule has 0 amide bonds. The van der Waals surface area contributed by atoms with Crippen LogP contribution in [0, 0.1) is 11.3 Å². The molecule has 1 heterocycles. The van der Waals surface area contributed by atoms with Gasteiger partial charge in [0.15, 0.2) is 0 Å². The highest BCUT2D eigenvalue weighted by Crippen LogP contribution is 2.27. The van der Waals surface area contributed by atoms with Crippen LogP contribution < -0.4 is 4.90 Å². The van der Waals surface area contributed by atoms with Crippen LogP contribution in [0.25, 0.3) is 0 Å². The first-order valence-corrected chi connectivity index (χ1v) is 6.86. The third-order valence-corrected chi connectivity index (χ3v) is 3.54. The highest BCUT2D eigenvalue weighted by molar-refractivity contribution is 7.07. The Labute approximate surface area is 116 Å². The fourth-order valence-corrected chi connectivity index (χ4v) is 2.49. The lowest BCUT2D eigenvalue weighted by Crippen LogP contribution is -2.19. The van der Waals surface area contributed by atoms with E-state index in [1.165, 1.54) is 0 Å². The number of aliphatic hydroxyl groups is 1. The van der Waals surface area contributed by atoms with E-state index in [-0.39, 0.29) is 0 Å². The lowest BCUT2D eigenvalue weighted by atomic mass is 10.0. The van der Waals surface area contributed by atoms with E-state index in [1.807, 2.05) is 17.3 Å². The summed E-state index contributed by atoms with van der Waals surface area (Å²) in [5.41, 5.74) is 5.04. The average molecular weight is 273 g/mol. The fourth-order valence-electron chi connectivity index (χ4n) is 1.94. The van der Waals surface area contributed by atoms with Crippen molar-refractivity contribution in [1.29, 1.82) is 5.26 Å². The van der Waals surface area contributed by atoms with Gasteiger partial charge < -0.3 is 10.0 Å². The summed E-state index contributed by atoms with van der Waals surface area (Å²) in [5.74, 6) is 0. The molecular formula is C14H15N3OS. The Balaban J connectivity index is 2.33. The predicted octanol–water partition coefficient (Wildman–Crippen LogP) is 2.70. The first-order chi connectivity index (χ1) is 9.11. The monoisotopic (exact) mass is 273 g/mol. The molecule has 0 aliphatic heterocycles. The van der Waals surface area contributed by atoms with Crippen molar-refractivity contribution in [3.05, 3.63) is 45.9 Å². The van der Waals surface area contributed by atoms with Gasteiger partial charge in [-0.05, 0) is 19.1 Å². The Bertz CT molecular complexity index is 587. The maximum atomic E-state index is 9.82. The zero-order valence-corrected chi connectivity index (χ0v) is 11.7. The number of thiazole rings is 1. The maximum Gasteiger partial charge on any atom is 0.0992 e. The summed E-state index contributed by atoms with van der Waals surface area (Å²) in [6.45, 7) is 2.37. The minimum Gasteiger partial charge on any atom is -0.389 e. The molecule has 0 fully saturated rings. The van der Waals surface area contributed by atoms with E-state index < -0.39 is 6.10 Å². The van der Waals surface area contributed by atoms with Gasteiger partial charge in [-0.15, -0.1) is 11.3 Å². The van der Waals surface area contributed by atoms with Crippen molar-refractivity contribution < 1.29 is 5.11 Å². The smallest absolute Gasteiger partial charge is 0.0992 e. The standard InChI is InChI=1S/C14H15N3OS/c1-10(18)13-4-3-11(6-15)5-14(13)17(2)7-12-8-19-9-16-12/h3-5,8-10,18H,7H2,1-2H3/t10-/m0/s1. The summed E-state index contributed by atoms with van der Waals surface area (Å²) < 4.78 is 0. The molecular weight excluding hydrogens is 258 g/mol. The molecule has 0 saturated heterocycles. The molecule has 0 bridgehead atoms. The molecule has 1 atom stereocenters. The first kappa shape index (κ1) is 13.5. The summed E-state index contributed by atoms with van der Waals surface area (Å²) in [7, 11) is 1.93. The van der Waals surface area contributed by atoms with Gasteiger partial charge in [-0.1, -0.05) is 6.07 Å². The predicted molar refractivity (Wildman–Crippen MR) is 76.0 cm³/mol. The van der Waals surface area contributed by atoms with Gasteiger partial charge in [0.2, 0.25) is 0 Å². The van der Waals surface area contributed by atoms with E-state index in [4.69, 9.17) is 5.26 Å². The second-order valence-corrected chi connectivity index (χ2v) is 5.12. The molecule has 0 aliphatic rings. The Morgan fingerprint density at radius 3 is 2.89 bits per heavy atom. The van der Waals surface area contributed by atoms with Crippen LogP contribution in [0.3, 0.4) is 0 Å². The maximum absolute atomic E-state index is 9.82. The first-order valence-electron chi connectivity index (χ1n) is 5.92. The largest absolute Gasteiger partial charge is 0.389 e. The molecule has 0 aliphatic carbocycles. The summed E-state index contributed by atoms with van der Waals surface area (Å²) >= 11 is 1.56. The van der Waals surface area contributed by atoms with Gasteiger partial charge in [-0.3, -0.25) is 0 Å². The molecule has 4 nitrogen and oxygen atoms in total. The summed E-state index contributed by atoms with van der Waals surface area (Å²) in [4.78, 5) is 6.25.